The fourth-order valence-electron chi connectivity index (χ4n) is 3.33. The van der Waals surface area contributed by atoms with E-state index in [0.29, 0.717) is 23.5 Å². The van der Waals surface area contributed by atoms with Crippen LogP contribution < -0.4 is 0 Å². The molecule has 0 aliphatic heterocycles. The van der Waals surface area contributed by atoms with Crippen LogP contribution in [0, 0.1) is 18.3 Å². The van der Waals surface area contributed by atoms with E-state index in [1.165, 1.54) is 0 Å². The van der Waals surface area contributed by atoms with E-state index in [0.717, 1.165) is 34.3 Å². The van der Waals surface area contributed by atoms with Gasteiger partial charge < -0.3 is 4.74 Å². The van der Waals surface area contributed by atoms with E-state index in [9.17, 15) is 10.1 Å². The Kier molecular flexibility index (Phi) is 9.78. The van der Waals surface area contributed by atoms with Crippen LogP contribution in [0.1, 0.15) is 63.6 Å². The summed E-state index contributed by atoms with van der Waals surface area (Å²) in [5.41, 5.74) is 5.79. The van der Waals surface area contributed by atoms with Crippen LogP contribution in [0.15, 0.2) is 77.6 Å². The number of carbonyl (C=O) groups is 1. The first-order chi connectivity index (χ1) is 14.2. The number of carbonyl (C=O) groups excluding carboxylic acids is 1. The van der Waals surface area contributed by atoms with Crippen LogP contribution in [0.3, 0.4) is 0 Å². The van der Waals surface area contributed by atoms with Crippen LogP contribution in [0.5, 0.6) is 0 Å². The molecule has 0 unspecified atom stereocenters. The summed E-state index contributed by atoms with van der Waals surface area (Å²) in [4.78, 5) is 12.8. The van der Waals surface area contributed by atoms with Crippen LogP contribution in [0.4, 0.5) is 0 Å². The zero-order chi connectivity index (χ0) is 22.8. The molecule has 0 fully saturated rings. The maximum Gasteiger partial charge on any atom is 0.157 e. The van der Waals surface area contributed by atoms with Gasteiger partial charge in [-0.05, 0) is 69.9 Å². The number of benzene rings is 1. The van der Waals surface area contributed by atoms with Crippen molar-refractivity contribution in [3.05, 3.63) is 94.3 Å². The summed E-state index contributed by atoms with van der Waals surface area (Å²) in [6.07, 6.45) is 6.60. The summed E-state index contributed by atoms with van der Waals surface area (Å²) in [5, 5.41) is 9.28. The number of ether oxygens (including phenoxy) is 1. The van der Waals surface area contributed by atoms with Crippen LogP contribution in [-0.4, -0.2) is 12.4 Å². The highest BCUT2D eigenvalue weighted by molar-refractivity contribution is 5.97. The van der Waals surface area contributed by atoms with Gasteiger partial charge in [0.25, 0.3) is 0 Å². The summed E-state index contributed by atoms with van der Waals surface area (Å²) < 4.78 is 5.93. The lowest BCUT2D eigenvalue weighted by Gasteiger charge is -2.27. The van der Waals surface area contributed by atoms with Gasteiger partial charge in [0, 0.05) is 17.1 Å². The molecule has 1 aromatic carbocycles. The van der Waals surface area contributed by atoms with Gasteiger partial charge in [-0.1, -0.05) is 49.9 Å². The van der Waals surface area contributed by atoms with Crippen LogP contribution >= 0.6 is 0 Å². The summed E-state index contributed by atoms with van der Waals surface area (Å²) in [7, 11) is 0. The normalized spacial score (nSPS) is 13.8. The van der Waals surface area contributed by atoms with Crippen molar-refractivity contribution in [1.82, 2.24) is 0 Å². The lowest BCUT2D eigenvalue weighted by Crippen LogP contribution is -2.17. The highest BCUT2D eigenvalue weighted by atomic mass is 16.5. The Morgan fingerprint density at radius 3 is 2.43 bits per heavy atom. The minimum Gasteiger partial charge on any atom is -0.494 e. The van der Waals surface area contributed by atoms with Crippen molar-refractivity contribution < 1.29 is 9.53 Å². The lowest BCUT2D eigenvalue weighted by atomic mass is 9.77. The van der Waals surface area contributed by atoms with E-state index in [4.69, 9.17) is 4.74 Å². The van der Waals surface area contributed by atoms with E-state index in [1.807, 2.05) is 58.9 Å². The first kappa shape index (κ1) is 24.9. The van der Waals surface area contributed by atoms with Gasteiger partial charge in [-0.25, -0.2) is 0 Å². The minimum absolute atomic E-state index is 0.0338. The monoisotopic (exact) mass is 403 g/mol. The molecule has 0 bridgehead atoms. The molecule has 30 heavy (non-hydrogen) atoms. The number of aryl methyl sites for hydroxylation is 1. The zero-order valence-corrected chi connectivity index (χ0v) is 19.1. The standard InChI is InChI=1S/C27H33NO2/c1-9-14-30-22(8)25(15-18(4)10-2)27(26(21(7)29)19(5)11-3)24-13-12-23(17-28)16-20(24)6/h10-13,15-16,27H,3,8-9,14H2,1-2,4-7H3/b18-10-,25-15+,26-19-/t27-/m0/s1. The molecule has 0 saturated carbocycles. The lowest BCUT2D eigenvalue weighted by molar-refractivity contribution is -0.113. The van der Waals surface area contributed by atoms with E-state index >= 15 is 0 Å². The van der Waals surface area contributed by atoms with Gasteiger partial charge in [-0.2, -0.15) is 5.26 Å². The van der Waals surface area contributed by atoms with Gasteiger partial charge in [-0.15, -0.1) is 0 Å². The van der Waals surface area contributed by atoms with Crippen molar-refractivity contribution in [1.29, 1.82) is 5.26 Å². The van der Waals surface area contributed by atoms with E-state index < -0.39 is 0 Å². The smallest absolute Gasteiger partial charge is 0.157 e. The van der Waals surface area contributed by atoms with Gasteiger partial charge in [-0.3, -0.25) is 4.79 Å². The quantitative estimate of drug-likeness (QED) is 0.243. The number of ketones is 1. The molecule has 0 aromatic heterocycles. The van der Waals surface area contributed by atoms with Crippen molar-refractivity contribution in [3.63, 3.8) is 0 Å². The van der Waals surface area contributed by atoms with Crippen molar-refractivity contribution >= 4 is 5.78 Å². The molecule has 3 heteroatoms. The van der Waals surface area contributed by atoms with Gasteiger partial charge in [0.05, 0.1) is 18.2 Å². The number of nitrogens with zero attached hydrogens (tertiary/aromatic N) is 1. The predicted octanol–water partition coefficient (Wildman–Crippen LogP) is 6.87. The highest BCUT2D eigenvalue weighted by Crippen LogP contribution is 2.40. The molecule has 0 heterocycles. The number of allylic oxidation sites excluding steroid dienone is 7. The third-order valence-corrected chi connectivity index (χ3v) is 5.06. The molecule has 0 amide bonds. The van der Waals surface area contributed by atoms with Crippen LogP contribution in [0.2, 0.25) is 0 Å². The minimum atomic E-state index is -0.382. The van der Waals surface area contributed by atoms with Crippen molar-refractivity contribution in [2.75, 3.05) is 6.61 Å². The SMILES string of the molecule is C=C/C(C)=C(/C(C)=O)[C@H](/C(=C/C(C)=C\C)C(=C)OCCC)c1ccc(C#N)cc1C. The Morgan fingerprint density at radius 1 is 1.30 bits per heavy atom. The Bertz CT molecular complexity index is 952. The summed E-state index contributed by atoms with van der Waals surface area (Å²) >= 11 is 0. The molecular formula is C27H33NO2. The van der Waals surface area contributed by atoms with E-state index in [1.54, 1.807) is 19.1 Å². The first-order valence-corrected chi connectivity index (χ1v) is 10.2. The molecule has 0 aliphatic rings. The molecule has 0 radical (unpaired) electrons. The second kappa shape index (κ2) is 11.8. The molecule has 158 valence electrons. The second-order valence-electron chi connectivity index (χ2n) is 7.38. The molecule has 1 atom stereocenters. The van der Waals surface area contributed by atoms with Gasteiger partial charge >= 0.3 is 0 Å². The fraction of sp³-hybridized carbons (Fsp3) is 0.333. The molecule has 0 aliphatic carbocycles. The molecular weight excluding hydrogens is 370 g/mol. The average molecular weight is 404 g/mol. The Labute approximate surface area is 181 Å². The molecule has 0 spiro atoms. The summed E-state index contributed by atoms with van der Waals surface area (Å²) in [6.45, 7) is 20.1. The zero-order valence-electron chi connectivity index (χ0n) is 19.1. The maximum atomic E-state index is 12.8. The van der Waals surface area contributed by atoms with Crippen molar-refractivity contribution in [2.45, 2.75) is 53.9 Å². The average Bonchev–Trinajstić information content (AvgIpc) is 2.73. The van der Waals surface area contributed by atoms with Crippen molar-refractivity contribution in [3.8, 4) is 6.07 Å². The fourth-order valence-corrected chi connectivity index (χ4v) is 3.33. The Hall–Kier alpha value is -3.12. The van der Waals surface area contributed by atoms with Crippen LogP contribution in [-0.2, 0) is 9.53 Å². The Morgan fingerprint density at radius 2 is 1.97 bits per heavy atom. The number of Topliss-reactive ketones (excluding diaryl/α,β-unsaturated/α-hetero) is 1. The largest absolute Gasteiger partial charge is 0.494 e. The van der Waals surface area contributed by atoms with Gasteiger partial charge in [0.1, 0.15) is 5.76 Å². The molecule has 0 saturated heterocycles. The summed E-state index contributed by atoms with van der Waals surface area (Å²) in [6, 6.07) is 7.73. The molecule has 1 aromatic rings. The first-order valence-electron chi connectivity index (χ1n) is 10.2. The van der Waals surface area contributed by atoms with Gasteiger partial charge in [0.15, 0.2) is 5.78 Å². The number of hydrogen-bond donors (Lipinski definition) is 0. The molecule has 3 nitrogen and oxygen atoms in total. The number of hydrogen-bond acceptors (Lipinski definition) is 3. The third kappa shape index (κ3) is 6.19. The van der Waals surface area contributed by atoms with Gasteiger partial charge in [0.2, 0.25) is 0 Å². The van der Waals surface area contributed by atoms with E-state index in [-0.39, 0.29) is 11.7 Å². The number of nitriles is 1. The Balaban J connectivity index is 3.95. The van der Waals surface area contributed by atoms with E-state index in [2.05, 4.69) is 19.2 Å². The molecule has 0 N–H and O–H groups in total. The third-order valence-electron chi connectivity index (χ3n) is 5.06. The topological polar surface area (TPSA) is 50.1 Å². The second-order valence-corrected chi connectivity index (χ2v) is 7.38. The number of rotatable bonds is 10. The highest BCUT2D eigenvalue weighted by Gasteiger charge is 2.29. The van der Waals surface area contributed by atoms with Crippen LogP contribution in [0.25, 0.3) is 0 Å². The molecule has 1 rings (SSSR count). The maximum absolute atomic E-state index is 12.8. The van der Waals surface area contributed by atoms with Crippen molar-refractivity contribution in [2.24, 2.45) is 0 Å². The summed E-state index contributed by atoms with van der Waals surface area (Å²) in [5.74, 6) is 0.128. The predicted molar refractivity (Wildman–Crippen MR) is 125 cm³/mol.